The van der Waals surface area contributed by atoms with Crippen molar-refractivity contribution >= 4 is 33.5 Å². The number of nitrogens with two attached hydrogens (primary N) is 2. The number of ether oxygens (including phenoxy) is 1. The third-order valence-electron chi connectivity index (χ3n) is 9.92. The number of benzene rings is 3. The second-order valence-electron chi connectivity index (χ2n) is 12.6. The number of nitrogen functional groups attached to an aromatic ring is 1. The Hall–Kier alpha value is -4.37. The average molecular weight is 579 g/mol. The Morgan fingerprint density at radius 3 is 2.53 bits per heavy atom. The minimum atomic E-state index is -0.418. The average Bonchev–Trinajstić information content (AvgIpc) is 3.42. The minimum Gasteiger partial charge on any atom is -0.494 e. The van der Waals surface area contributed by atoms with Gasteiger partial charge in [0, 0.05) is 48.7 Å². The molecule has 8 rings (SSSR count). The van der Waals surface area contributed by atoms with Crippen LogP contribution in [-0.4, -0.2) is 50.7 Å². The molecule has 3 fully saturated rings. The Labute approximate surface area is 249 Å². The van der Waals surface area contributed by atoms with Crippen molar-refractivity contribution in [2.24, 2.45) is 24.6 Å². The maximum atomic E-state index is 14.3. The van der Waals surface area contributed by atoms with E-state index in [9.17, 15) is 9.18 Å². The molecule has 3 heterocycles. The SMILES string of the molecule is COc1cc(C(=O)N2CC3CCC2C3N)cc2nc(-c3cc4ccc(-c5ccc(N)c(F)c5)cc4n3CC3CC3)n(C)c12. The number of aromatic nitrogens is 3. The number of likely N-dealkylation sites (tertiary alicyclic amines) is 1. The van der Waals surface area contributed by atoms with Gasteiger partial charge in [0.25, 0.3) is 5.91 Å². The summed E-state index contributed by atoms with van der Waals surface area (Å²) in [6, 6.07) is 17.2. The standard InChI is InChI=1S/C34H35FN6O2/c1-39-32-26(12-23(15-30(32)43-2)34(42)41-17-22-8-10-27(41)31(22)37)38-33(39)29-14-21-6-5-20(19-7-9-25(36)24(35)11-19)13-28(21)40(29)16-18-3-4-18/h5-7,9,11-15,18,22,27,31H,3-4,8,10,16-17,36-37H2,1-2H3. The van der Waals surface area contributed by atoms with Crippen LogP contribution >= 0.6 is 0 Å². The molecule has 0 spiro atoms. The van der Waals surface area contributed by atoms with Gasteiger partial charge >= 0.3 is 0 Å². The largest absolute Gasteiger partial charge is 0.494 e. The van der Waals surface area contributed by atoms with E-state index in [1.807, 2.05) is 36.2 Å². The zero-order chi connectivity index (χ0) is 29.6. The van der Waals surface area contributed by atoms with Crippen LogP contribution in [-0.2, 0) is 13.6 Å². The van der Waals surface area contributed by atoms with E-state index in [1.165, 1.54) is 18.9 Å². The van der Waals surface area contributed by atoms with Crippen LogP contribution in [0.3, 0.4) is 0 Å². The van der Waals surface area contributed by atoms with Crippen molar-refractivity contribution in [3.63, 3.8) is 0 Å². The molecule has 2 bridgehead atoms. The number of anilines is 1. The highest BCUT2D eigenvalue weighted by molar-refractivity contribution is 6.00. The van der Waals surface area contributed by atoms with Crippen molar-refractivity contribution in [3.8, 4) is 28.4 Å². The van der Waals surface area contributed by atoms with Crippen molar-refractivity contribution in [2.75, 3.05) is 19.4 Å². The molecule has 1 amide bonds. The Kier molecular flexibility index (Phi) is 5.85. The highest BCUT2D eigenvalue weighted by Gasteiger charge is 2.47. The van der Waals surface area contributed by atoms with E-state index in [1.54, 1.807) is 13.2 Å². The van der Waals surface area contributed by atoms with Gasteiger partial charge in [-0.15, -0.1) is 0 Å². The first-order valence-electron chi connectivity index (χ1n) is 15.1. The molecule has 5 aromatic rings. The molecule has 3 aromatic carbocycles. The normalized spacial score (nSPS) is 21.4. The van der Waals surface area contributed by atoms with Crippen LogP contribution in [0.1, 0.15) is 36.0 Å². The molecule has 1 saturated heterocycles. The van der Waals surface area contributed by atoms with Gasteiger partial charge in [0.2, 0.25) is 0 Å². The molecule has 9 heteroatoms. The molecule has 220 valence electrons. The van der Waals surface area contributed by atoms with E-state index < -0.39 is 5.82 Å². The van der Waals surface area contributed by atoms with Crippen LogP contribution in [0.15, 0.2) is 54.6 Å². The summed E-state index contributed by atoms with van der Waals surface area (Å²) in [6.45, 7) is 1.59. The highest BCUT2D eigenvalue weighted by Crippen LogP contribution is 2.41. The predicted octanol–water partition coefficient (Wildman–Crippen LogP) is 5.56. The van der Waals surface area contributed by atoms with Crippen molar-refractivity contribution in [1.29, 1.82) is 0 Å². The second kappa shape index (κ2) is 9.57. The van der Waals surface area contributed by atoms with Crippen molar-refractivity contribution in [3.05, 3.63) is 66.0 Å². The van der Waals surface area contributed by atoms with Crippen LogP contribution in [0.4, 0.5) is 10.1 Å². The quantitative estimate of drug-likeness (QED) is 0.257. The fraction of sp³-hybridized carbons (Fsp3) is 0.353. The number of imidazole rings is 1. The zero-order valence-corrected chi connectivity index (χ0v) is 24.4. The summed E-state index contributed by atoms with van der Waals surface area (Å²) < 4.78 is 24.6. The second-order valence-corrected chi connectivity index (χ2v) is 12.6. The minimum absolute atomic E-state index is 0.00969. The fourth-order valence-electron chi connectivity index (χ4n) is 7.35. The number of methoxy groups -OCH3 is 1. The summed E-state index contributed by atoms with van der Waals surface area (Å²) in [6.07, 6.45) is 4.46. The number of halogens is 1. The Bertz CT molecular complexity index is 1940. The lowest BCUT2D eigenvalue weighted by molar-refractivity contribution is 0.0700. The number of rotatable bonds is 6. The molecule has 43 heavy (non-hydrogen) atoms. The van der Waals surface area contributed by atoms with Gasteiger partial charge in [0.1, 0.15) is 17.1 Å². The molecule has 8 nitrogen and oxygen atoms in total. The maximum absolute atomic E-state index is 14.3. The number of carbonyl (C=O) groups excluding carboxylic acids is 1. The van der Waals surface area contributed by atoms with Crippen LogP contribution in [0, 0.1) is 17.7 Å². The molecule has 1 aliphatic heterocycles. The topological polar surface area (TPSA) is 104 Å². The van der Waals surface area contributed by atoms with Crippen LogP contribution in [0.5, 0.6) is 5.75 Å². The summed E-state index contributed by atoms with van der Waals surface area (Å²) >= 11 is 0. The number of hydrogen-bond donors (Lipinski definition) is 2. The first-order valence-corrected chi connectivity index (χ1v) is 15.1. The first-order chi connectivity index (χ1) is 20.8. The molecule has 3 aliphatic rings. The van der Waals surface area contributed by atoms with E-state index in [2.05, 4.69) is 27.3 Å². The van der Waals surface area contributed by atoms with Gasteiger partial charge in [-0.05, 0) is 85.0 Å². The van der Waals surface area contributed by atoms with E-state index in [0.29, 0.717) is 29.7 Å². The fourth-order valence-corrected chi connectivity index (χ4v) is 7.35. The van der Waals surface area contributed by atoms with Crippen LogP contribution in [0.2, 0.25) is 0 Å². The van der Waals surface area contributed by atoms with E-state index >= 15 is 0 Å². The first kappa shape index (κ1) is 26.3. The lowest BCUT2D eigenvalue weighted by atomic mass is 10.0. The predicted molar refractivity (Wildman–Crippen MR) is 166 cm³/mol. The van der Waals surface area contributed by atoms with E-state index in [0.717, 1.165) is 64.0 Å². The molecule has 2 aromatic heterocycles. The summed E-state index contributed by atoms with van der Waals surface area (Å²) in [5.74, 6) is 1.99. The molecule has 4 N–H and O–H groups in total. The number of aryl methyl sites for hydroxylation is 1. The summed E-state index contributed by atoms with van der Waals surface area (Å²) in [5, 5.41) is 1.09. The van der Waals surface area contributed by atoms with E-state index in [4.69, 9.17) is 21.2 Å². The molecule has 3 atom stereocenters. The molecular weight excluding hydrogens is 543 g/mol. The Morgan fingerprint density at radius 1 is 1.05 bits per heavy atom. The summed E-state index contributed by atoms with van der Waals surface area (Å²) in [5.41, 5.74) is 18.2. The summed E-state index contributed by atoms with van der Waals surface area (Å²) in [7, 11) is 3.63. The summed E-state index contributed by atoms with van der Waals surface area (Å²) in [4.78, 5) is 20.7. The maximum Gasteiger partial charge on any atom is 0.254 e. The molecule has 2 aliphatic carbocycles. The number of amides is 1. The lowest BCUT2D eigenvalue weighted by Crippen LogP contribution is -2.41. The molecule has 2 saturated carbocycles. The Balaban J connectivity index is 1.24. The van der Waals surface area contributed by atoms with Gasteiger partial charge in [-0.2, -0.15) is 0 Å². The molecular formula is C34H35FN6O2. The van der Waals surface area contributed by atoms with Crippen molar-refractivity contribution < 1.29 is 13.9 Å². The highest BCUT2D eigenvalue weighted by atomic mass is 19.1. The third-order valence-corrected chi connectivity index (χ3v) is 9.92. The Morgan fingerprint density at radius 2 is 1.84 bits per heavy atom. The number of carbonyl (C=O) groups is 1. The van der Waals surface area contributed by atoms with Crippen molar-refractivity contribution in [2.45, 2.75) is 44.3 Å². The number of hydrogen-bond acceptors (Lipinski definition) is 5. The lowest BCUT2D eigenvalue weighted by Gasteiger charge is -2.27. The van der Waals surface area contributed by atoms with Crippen molar-refractivity contribution in [1.82, 2.24) is 19.0 Å². The van der Waals surface area contributed by atoms with Gasteiger partial charge in [0.15, 0.2) is 5.82 Å². The number of fused-ring (bicyclic) bond motifs is 4. The van der Waals surface area contributed by atoms with Gasteiger partial charge < -0.3 is 30.2 Å². The van der Waals surface area contributed by atoms with Crippen LogP contribution in [0.25, 0.3) is 44.6 Å². The van der Waals surface area contributed by atoms with Crippen LogP contribution < -0.4 is 16.2 Å². The molecule has 0 radical (unpaired) electrons. The zero-order valence-electron chi connectivity index (χ0n) is 24.4. The smallest absolute Gasteiger partial charge is 0.254 e. The van der Waals surface area contributed by atoms with Gasteiger partial charge in [0.05, 0.1) is 24.0 Å². The number of piperidine rings is 1. The monoisotopic (exact) mass is 578 g/mol. The molecule has 3 unspecified atom stereocenters. The van der Waals surface area contributed by atoms with Gasteiger partial charge in [-0.3, -0.25) is 4.79 Å². The van der Waals surface area contributed by atoms with Gasteiger partial charge in [-0.1, -0.05) is 18.2 Å². The number of nitrogens with zero attached hydrogens (tertiary/aromatic N) is 4. The van der Waals surface area contributed by atoms with Gasteiger partial charge in [-0.25, -0.2) is 9.37 Å². The third kappa shape index (κ3) is 4.12. The van der Waals surface area contributed by atoms with E-state index in [-0.39, 0.29) is 23.7 Å².